The molecule has 0 bridgehead atoms. The van der Waals surface area contributed by atoms with Crippen LogP contribution in [0.25, 0.3) is 17.0 Å². The average Bonchev–Trinajstić information content (AvgIpc) is 3.03. The molecule has 0 spiro atoms. The van der Waals surface area contributed by atoms with Gasteiger partial charge in [0.15, 0.2) is 5.76 Å². The lowest BCUT2D eigenvalue weighted by molar-refractivity contribution is -0.141. The van der Waals surface area contributed by atoms with Crippen molar-refractivity contribution >= 4 is 28.8 Å². The van der Waals surface area contributed by atoms with Crippen LogP contribution in [-0.4, -0.2) is 11.8 Å². The van der Waals surface area contributed by atoms with Gasteiger partial charge in [-0.15, -0.1) is 0 Å². The van der Waals surface area contributed by atoms with Gasteiger partial charge in [-0.2, -0.15) is 0 Å². The quantitative estimate of drug-likeness (QED) is 0.281. The van der Waals surface area contributed by atoms with Gasteiger partial charge in [-0.05, 0) is 43.2 Å². The fourth-order valence-corrected chi connectivity index (χ4v) is 2.90. The van der Waals surface area contributed by atoms with E-state index in [0.29, 0.717) is 16.9 Å². The molecule has 1 heterocycles. The second-order valence-electron chi connectivity index (χ2n) is 6.43. The zero-order valence-corrected chi connectivity index (χ0v) is 14.2. The third kappa shape index (κ3) is 3.31. The Hall–Kier alpha value is -3.14. The third-order valence-electron chi connectivity index (χ3n) is 4.65. The summed E-state index contributed by atoms with van der Waals surface area (Å²) in [5.41, 5.74) is 1.36. The van der Waals surface area contributed by atoms with Gasteiger partial charge in [-0.3, -0.25) is 9.59 Å². The highest BCUT2D eigenvalue weighted by Gasteiger charge is 2.27. The number of rotatable bonds is 5. The topological polar surface area (TPSA) is 56.5 Å². The first-order chi connectivity index (χ1) is 12.7. The van der Waals surface area contributed by atoms with Gasteiger partial charge < -0.3 is 9.15 Å². The number of esters is 1. The van der Waals surface area contributed by atoms with Gasteiger partial charge in [0.1, 0.15) is 11.3 Å². The zero-order chi connectivity index (χ0) is 17.9. The molecule has 0 unspecified atom stereocenters. The average molecular weight is 346 g/mol. The van der Waals surface area contributed by atoms with Crippen LogP contribution >= 0.6 is 0 Å². The molecule has 1 saturated carbocycles. The maximum atomic E-state index is 12.4. The highest BCUT2D eigenvalue weighted by Crippen LogP contribution is 2.29. The van der Waals surface area contributed by atoms with Crippen LogP contribution in [0.4, 0.5) is 0 Å². The predicted molar refractivity (Wildman–Crippen MR) is 99.0 cm³/mol. The van der Waals surface area contributed by atoms with Crippen LogP contribution in [-0.2, 0) is 4.79 Å². The molecule has 130 valence electrons. The highest BCUT2D eigenvalue weighted by atomic mass is 16.5. The van der Waals surface area contributed by atoms with E-state index in [1.165, 1.54) is 6.08 Å². The summed E-state index contributed by atoms with van der Waals surface area (Å²) in [5.74, 6) is 0.329. The molecule has 4 rings (SSSR count). The summed E-state index contributed by atoms with van der Waals surface area (Å²) >= 11 is 0. The lowest BCUT2D eigenvalue weighted by atomic mass is 9.86. The Morgan fingerprint density at radius 2 is 1.81 bits per heavy atom. The molecule has 0 radical (unpaired) electrons. The number of hydrogen-bond donors (Lipinski definition) is 0. The van der Waals surface area contributed by atoms with Crippen LogP contribution < -0.4 is 4.74 Å². The number of ether oxygens (including phenoxy) is 1. The number of benzene rings is 2. The van der Waals surface area contributed by atoms with Crippen molar-refractivity contribution < 1.29 is 18.7 Å². The summed E-state index contributed by atoms with van der Waals surface area (Å²) in [5, 5.41) is 0.888. The fourth-order valence-electron chi connectivity index (χ4n) is 2.90. The second kappa shape index (κ2) is 7.00. The van der Waals surface area contributed by atoms with E-state index >= 15 is 0 Å². The molecule has 0 atom stereocenters. The molecular formula is C22H18O4. The maximum Gasteiger partial charge on any atom is 0.314 e. The van der Waals surface area contributed by atoms with Gasteiger partial charge in [0.25, 0.3) is 0 Å². The van der Waals surface area contributed by atoms with E-state index in [9.17, 15) is 9.59 Å². The van der Waals surface area contributed by atoms with Crippen LogP contribution in [0.15, 0.2) is 65.1 Å². The van der Waals surface area contributed by atoms with Gasteiger partial charge in [0, 0.05) is 10.9 Å². The molecule has 1 fully saturated rings. The number of furan rings is 1. The van der Waals surface area contributed by atoms with Crippen molar-refractivity contribution in [3.05, 3.63) is 72.0 Å². The summed E-state index contributed by atoms with van der Waals surface area (Å²) < 4.78 is 11.1. The molecule has 1 aliphatic carbocycles. The zero-order valence-electron chi connectivity index (χ0n) is 14.2. The van der Waals surface area contributed by atoms with E-state index in [2.05, 4.69) is 0 Å². The van der Waals surface area contributed by atoms with Crippen LogP contribution in [0.5, 0.6) is 5.75 Å². The number of ketones is 1. The van der Waals surface area contributed by atoms with E-state index in [1.807, 2.05) is 42.5 Å². The van der Waals surface area contributed by atoms with Gasteiger partial charge >= 0.3 is 5.97 Å². The van der Waals surface area contributed by atoms with Crippen molar-refractivity contribution in [1.82, 2.24) is 0 Å². The molecule has 0 aliphatic heterocycles. The molecule has 0 amide bonds. The summed E-state index contributed by atoms with van der Waals surface area (Å²) in [6, 6.07) is 16.4. The molecule has 0 N–H and O–H groups in total. The van der Waals surface area contributed by atoms with Gasteiger partial charge in [-0.1, -0.05) is 42.8 Å². The van der Waals surface area contributed by atoms with Gasteiger partial charge in [0.05, 0.1) is 5.92 Å². The predicted octanol–water partition coefficient (Wildman–Crippen LogP) is 5.03. The molecule has 4 heteroatoms. The number of hydrogen-bond acceptors (Lipinski definition) is 4. The molecule has 3 aromatic rings. The molecule has 1 aliphatic rings. The van der Waals surface area contributed by atoms with Crippen molar-refractivity contribution in [3.8, 4) is 5.75 Å². The second-order valence-corrected chi connectivity index (χ2v) is 6.43. The minimum absolute atomic E-state index is 0.00390. The standard InChI is InChI=1S/C22H18O4/c23-18(21-14-17-7-2-4-11-20(17)25-21)13-12-15-6-1-3-10-19(15)26-22(24)16-8-5-9-16/h1-4,6-7,10-14,16H,5,8-9H2/b13-12+. The van der Waals surface area contributed by atoms with Crippen LogP contribution in [0.2, 0.25) is 0 Å². The number of carbonyl (C=O) groups excluding carboxylic acids is 2. The Morgan fingerprint density at radius 3 is 2.58 bits per heavy atom. The summed E-state index contributed by atoms with van der Waals surface area (Å²) in [4.78, 5) is 24.5. The van der Waals surface area contributed by atoms with Crippen molar-refractivity contribution in [2.75, 3.05) is 0 Å². The first-order valence-electron chi connectivity index (χ1n) is 8.72. The fraction of sp³-hybridized carbons (Fsp3) is 0.182. The van der Waals surface area contributed by atoms with Gasteiger partial charge in [-0.25, -0.2) is 0 Å². The summed E-state index contributed by atoms with van der Waals surface area (Å²) in [7, 11) is 0. The molecule has 1 aromatic heterocycles. The Kier molecular flexibility index (Phi) is 4.40. The van der Waals surface area contributed by atoms with Crippen LogP contribution in [0.3, 0.4) is 0 Å². The number of fused-ring (bicyclic) bond motifs is 1. The first kappa shape index (κ1) is 16.3. The molecule has 2 aromatic carbocycles. The third-order valence-corrected chi connectivity index (χ3v) is 4.65. The molecule has 0 saturated heterocycles. The minimum atomic E-state index is -0.235. The largest absolute Gasteiger partial charge is 0.453 e. The monoisotopic (exact) mass is 346 g/mol. The number of allylic oxidation sites excluding steroid dienone is 1. The Balaban J connectivity index is 1.52. The minimum Gasteiger partial charge on any atom is -0.453 e. The lowest BCUT2D eigenvalue weighted by Crippen LogP contribution is -2.26. The summed E-state index contributed by atoms with van der Waals surface area (Å²) in [6.45, 7) is 0. The number of para-hydroxylation sites is 2. The van der Waals surface area contributed by atoms with E-state index in [1.54, 1.807) is 18.2 Å². The molecule has 26 heavy (non-hydrogen) atoms. The Labute approximate surface area is 151 Å². The van der Waals surface area contributed by atoms with E-state index in [0.717, 1.165) is 24.6 Å². The summed E-state index contributed by atoms with van der Waals surface area (Å²) in [6.07, 6.45) is 5.95. The van der Waals surface area contributed by atoms with Crippen LogP contribution in [0, 0.1) is 5.92 Å². The van der Waals surface area contributed by atoms with Crippen molar-refractivity contribution in [2.45, 2.75) is 19.3 Å². The smallest absolute Gasteiger partial charge is 0.314 e. The van der Waals surface area contributed by atoms with Gasteiger partial charge in [0.2, 0.25) is 5.78 Å². The number of carbonyl (C=O) groups is 2. The van der Waals surface area contributed by atoms with Crippen LogP contribution in [0.1, 0.15) is 35.4 Å². The highest BCUT2D eigenvalue weighted by molar-refractivity contribution is 6.07. The van der Waals surface area contributed by atoms with E-state index < -0.39 is 0 Å². The molecular weight excluding hydrogens is 328 g/mol. The normalized spacial score (nSPS) is 14.5. The Morgan fingerprint density at radius 1 is 1.04 bits per heavy atom. The first-order valence-corrected chi connectivity index (χ1v) is 8.72. The van der Waals surface area contributed by atoms with Crippen molar-refractivity contribution in [1.29, 1.82) is 0 Å². The van der Waals surface area contributed by atoms with Crippen molar-refractivity contribution in [2.24, 2.45) is 5.92 Å². The van der Waals surface area contributed by atoms with Crippen molar-refractivity contribution in [3.63, 3.8) is 0 Å². The molecule has 4 nitrogen and oxygen atoms in total. The van der Waals surface area contributed by atoms with E-state index in [-0.39, 0.29) is 23.4 Å². The maximum absolute atomic E-state index is 12.4. The van der Waals surface area contributed by atoms with E-state index in [4.69, 9.17) is 9.15 Å². The SMILES string of the molecule is O=C(/C=C/c1ccccc1OC(=O)C1CCC1)c1cc2ccccc2o1. The lowest BCUT2D eigenvalue weighted by Gasteiger charge is -2.23. The Bertz CT molecular complexity index is 959.